The standard InChI is InChI=1S/C24H26N4O4/c1-15(25-19-9-4-3-6-17(19)22(30)31)16-7-5-8-18-20(16)26-23(27(2)21(18)29)28-11-10-24(12-28)13-32-14-24/h3-9,15,25H,10-14H2,1-2H3,(H,30,31)/t15-/m1/s1. The number of hydrogen-bond donors (Lipinski definition) is 2. The van der Waals surface area contributed by atoms with Gasteiger partial charge in [0.15, 0.2) is 0 Å². The average Bonchev–Trinajstić information content (AvgIpc) is 3.22. The van der Waals surface area contributed by atoms with Crippen molar-refractivity contribution < 1.29 is 14.6 Å². The van der Waals surface area contributed by atoms with E-state index in [1.165, 1.54) is 0 Å². The van der Waals surface area contributed by atoms with Gasteiger partial charge in [0.1, 0.15) is 0 Å². The molecule has 2 aliphatic rings. The Kier molecular flexibility index (Phi) is 4.89. The highest BCUT2D eigenvalue weighted by molar-refractivity contribution is 5.94. The molecule has 0 saturated carbocycles. The van der Waals surface area contributed by atoms with Gasteiger partial charge in [-0.1, -0.05) is 24.3 Å². The largest absolute Gasteiger partial charge is 0.478 e. The van der Waals surface area contributed by atoms with E-state index < -0.39 is 5.97 Å². The molecule has 0 aliphatic carbocycles. The molecule has 1 aromatic heterocycles. The van der Waals surface area contributed by atoms with Crippen LogP contribution in [-0.2, 0) is 11.8 Å². The Hall–Kier alpha value is -3.39. The molecule has 2 saturated heterocycles. The van der Waals surface area contributed by atoms with E-state index in [1.807, 2.05) is 19.1 Å². The minimum absolute atomic E-state index is 0.0872. The molecule has 2 fully saturated rings. The molecule has 2 aliphatic heterocycles. The van der Waals surface area contributed by atoms with Crippen molar-refractivity contribution in [2.24, 2.45) is 12.5 Å². The normalized spacial score (nSPS) is 18.0. The van der Waals surface area contributed by atoms with Gasteiger partial charge in [-0.25, -0.2) is 9.78 Å². The average molecular weight is 434 g/mol. The van der Waals surface area contributed by atoms with E-state index in [4.69, 9.17) is 9.72 Å². The zero-order chi connectivity index (χ0) is 22.5. The van der Waals surface area contributed by atoms with Crippen LogP contribution in [0.4, 0.5) is 11.6 Å². The van der Waals surface area contributed by atoms with Gasteiger partial charge in [-0.05, 0) is 31.5 Å². The number of fused-ring (bicyclic) bond motifs is 1. The van der Waals surface area contributed by atoms with Crippen molar-refractivity contribution in [1.29, 1.82) is 0 Å². The number of nitrogens with zero attached hydrogens (tertiary/aromatic N) is 3. The summed E-state index contributed by atoms with van der Waals surface area (Å²) < 4.78 is 7.06. The van der Waals surface area contributed by atoms with Crippen LogP contribution in [0.15, 0.2) is 47.3 Å². The number of ether oxygens (including phenoxy) is 1. The minimum Gasteiger partial charge on any atom is -0.478 e. The molecule has 3 aromatic rings. The Labute approximate surface area is 185 Å². The molecule has 0 radical (unpaired) electrons. The Morgan fingerprint density at radius 3 is 2.69 bits per heavy atom. The van der Waals surface area contributed by atoms with Crippen molar-refractivity contribution in [3.63, 3.8) is 0 Å². The number of aromatic nitrogens is 2. The molecule has 0 amide bonds. The van der Waals surface area contributed by atoms with Gasteiger partial charge in [-0.3, -0.25) is 9.36 Å². The van der Waals surface area contributed by atoms with Crippen LogP contribution in [0.2, 0.25) is 0 Å². The summed E-state index contributed by atoms with van der Waals surface area (Å²) >= 11 is 0. The molecule has 32 heavy (non-hydrogen) atoms. The summed E-state index contributed by atoms with van der Waals surface area (Å²) in [6.07, 6.45) is 1.03. The third-order valence-electron chi connectivity index (χ3n) is 6.65. The van der Waals surface area contributed by atoms with Crippen molar-refractivity contribution in [3.05, 3.63) is 63.9 Å². The quantitative estimate of drug-likeness (QED) is 0.637. The minimum atomic E-state index is -0.990. The van der Waals surface area contributed by atoms with Crippen LogP contribution in [-0.4, -0.2) is 46.9 Å². The number of anilines is 2. The number of benzene rings is 2. The number of carboxylic acids is 1. The van der Waals surface area contributed by atoms with Gasteiger partial charge in [0.2, 0.25) is 5.95 Å². The molecule has 1 spiro atoms. The molecule has 166 valence electrons. The van der Waals surface area contributed by atoms with Gasteiger partial charge in [-0.2, -0.15) is 0 Å². The maximum absolute atomic E-state index is 13.2. The van der Waals surface area contributed by atoms with Crippen LogP contribution in [0, 0.1) is 5.41 Å². The van der Waals surface area contributed by atoms with E-state index >= 15 is 0 Å². The highest BCUT2D eigenvalue weighted by atomic mass is 16.5. The fourth-order valence-electron chi connectivity index (χ4n) is 4.78. The third kappa shape index (κ3) is 3.31. The summed E-state index contributed by atoms with van der Waals surface area (Å²) in [5.41, 5.74) is 2.32. The van der Waals surface area contributed by atoms with Gasteiger partial charge in [0.25, 0.3) is 5.56 Å². The maximum atomic E-state index is 13.2. The summed E-state index contributed by atoms with van der Waals surface area (Å²) in [5, 5.41) is 13.3. The number of para-hydroxylation sites is 2. The zero-order valence-corrected chi connectivity index (χ0v) is 18.2. The van der Waals surface area contributed by atoms with E-state index in [9.17, 15) is 14.7 Å². The lowest BCUT2D eigenvalue weighted by molar-refractivity contribution is -0.0985. The number of carboxylic acid groups (broad SMARTS) is 1. The van der Waals surface area contributed by atoms with Crippen LogP contribution in [0.1, 0.15) is 35.3 Å². The number of carbonyl (C=O) groups is 1. The predicted octanol–water partition coefficient (Wildman–Crippen LogP) is 3.03. The van der Waals surface area contributed by atoms with Crippen LogP contribution >= 0.6 is 0 Å². The highest BCUT2D eigenvalue weighted by Crippen LogP contribution is 2.39. The number of nitrogens with one attached hydrogen (secondary N) is 1. The van der Waals surface area contributed by atoms with Gasteiger partial charge >= 0.3 is 5.97 Å². The Morgan fingerprint density at radius 1 is 1.22 bits per heavy atom. The fourth-order valence-corrected chi connectivity index (χ4v) is 4.78. The van der Waals surface area contributed by atoms with Crippen molar-refractivity contribution in [2.45, 2.75) is 19.4 Å². The Bertz CT molecular complexity index is 1260. The molecule has 0 bridgehead atoms. The molecule has 8 nitrogen and oxygen atoms in total. The van der Waals surface area contributed by atoms with Gasteiger partial charge in [-0.15, -0.1) is 0 Å². The summed E-state index contributed by atoms with van der Waals surface area (Å²) in [7, 11) is 1.77. The fraction of sp³-hybridized carbons (Fsp3) is 0.375. The zero-order valence-electron chi connectivity index (χ0n) is 18.2. The van der Waals surface area contributed by atoms with Crippen molar-refractivity contribution in [3.8, 4) is 0 Å². The molecule has 5 rings (SSSR count). The molecule has 0 unspecified atom stereocenters. The first-order valence-corrected chi connectivity index (χ1v) is 10.8. The SMILES string of the molecule is C[C@@H](Nc1ccccc1C(=O)O)c1cccc2c(=O)n(C)c(N3CCC4(COC4)C3)nc12. The second-order valence-electron chi connectivity index (χ2n) is 8.90. The topological polar surface area (TPSA) is 96.7 Å². The molecular weight excluding hydrogens is 408 g/mol. The molecular formula is C24H26N4O4. The van der Waals surface area contributed by atoms with Gasteiger partial charge < -0.3 is 20.1 Å². The first-order chi connectivity index (χ1) is 15.4. The Balaban J connectivity index is 1.55. The van der Waals surface area contributed by atoms with E-state index in [0.29, 0.717) is 22.5 Å². The molecule has 2 N–H and O–H groups in total. The van der Waals surface area contributed by atoms with E-state index in [2.05, 4.69) is 10.2 Å². The number of hydrogen-bond acceptors (Lipinski definition) is 6. The highest BCUT2D eigenvalue weighted by Gasteiger charge is 2.45. The summed E-state index contributed by atoms with van der Waals surface area (Å²) in [5.74, 6) is -0.327. The summed E-state index contributed by atoms with van der Waals surface area (Å²) in [4.78, 5) is 31.9. The van der Waals surface area contributed by atoms with E-state index in [-0.39, 0.29) is 22.6 Å². The van der Waals surface area contributed by atoms with E-state index in [1.54, 1.807) is 41.9 Å². The first kappa shape index (κ1) is 20.5. The smallest absolute Gasteiger partial charge is 0.337 e. The van der Waals surface area contributed by atoms with Crippen molar-refractivity contribution >= 4 is 28.5 Å². The number of rotatable bonds is 5. The second-order valence-corrected chi connectivity index (χ2v) is 8.90. The van der Waals surface area contributed by atoms with Crippen LogP contribution in [0.5, 0.6) is 0 Å². The van der Waals surface area contributed by atoms with Crippen molar-refractivity contribution in [1.82, 2.24) is 9.55 Å². The summed E-state index contributed by atoms with van der Waals surface area (Å²) in [6.45, 7) is 5.15. The lowest BCUT2D eigenvalue weighted by Gasteiger charge is -2.37. The van der Waals surface area contributed by atoms with Gasteiger partial charge in [0, 0.05) is 36.8 Å². The second kappa shape index (κ2) is 7.63. The third-order valence-corrected chi connectivity index (χ3v) is 6.65. The Morgan fingerprint density at radius 2 is 2.00 bits per heavy atom. The molecule has 8 heteroatoms. The summed E-state index contributed by atoms with van der Waals surface area (Å²) in [6, 6.07) is 12.1. The molecule has 2 aromatic carbocycles. The lowest BCUT2D eigenvalue weighted by Crippen LogP contribution is -2.45. The van der Waals surface area contributed by atoms with Gasteiger partial charge in [0.05, 0.1) is 35.7 Å². The predicted molar refractivity (Wildman–Crippen MR) is 123 cm³/mol. The molecule has 1 atom stereocenters. The van der Waals surface area contributed by atoms with E-state index in [0.717, 1.165) is 38.3 Å². The van der Waals surface area contributed by atoms with Crippen LogP contribution in [0.3, 0.4) is 0 Å². The van der Waals surface area contributed by atoms with Crippen LogP contribution in [0.25, 0.3) is 10.9 Å². The lowest BCUT2D eigenvalue weighted by atomic mass is 9.85. The van der Waals surface area contributed by atoms with Crippen LogP contribution < -0.4 is 15.8 Å². The number of aromatic carboxylic acids is 1. The first-order valence-electron chi connectivity index (χ1n) is 10.8. The molecule has 3 heterocycles. The monoisotopic (exact) mass is 434 g/mol. The van der Waals surface area contributed by atoms with Crippen molar-refractivity contribution in [2.75, 3.05) is 36.5 Å². The maximum Gasteiger partial charge on any atom is 0.337 e.